The number of nitrogens with zero attached hydrogens (tertiary/aromatic N) is 2. The fraction of sp³-hybridized carbons (Fsp3) is 0.375. The van der Waals surface area contributed by atoms with E-state index in [1.54, 1.807) is 54.1 Å². The van der Waals surface area contributed by atoms with Gasteiger partial charge in [0, 0.05) is 36.4 Å². The van der Waals surface area contributed by atoms with Crippen LogP contribution in [0.15, 0.2) is 84.1 Å². The molecule has 218 valence electrons. The lowest BCUT2D eigenvalue weighted by molar-refractivity contribution is 0.174. The van der Waals surface area contributed by atoms with Gasteiger partial charge in [-0.25, -0.2) is 13.4 Å². The molecule has 4 rings (SSSR count). The van der Waals surface area contributed by atoms with Crippen molar-refractivity contribution in [2.45, 2.75) is 69.3 Å². The van der Waals surface area contributed by atoms with Gasteiger partial charge in [0.15, 0.2) is 0 Å². The van der Waals surface area contributed by atoms with Crippen LogP contribution in [0, 0.1) is 0 Å². The van der Waals surface area contributed by atoms with Gasteiger partial charge in [0.05, 0.1) is 20.9 Å². The summed E-state index contributed by atoms with van der Waals surface area (Å²) in [5.41, 5.74) is 3.34. The minimum absolute atomic E-state index is 0.221. The molecule has 1 atom stereocenters. The predicted octanol–water partition coefficient (Wildman–Crippen LogP) is 6.77. The summed E-state index contributed by atoms with van der Waals surface area (Å²) in [7, 11) is -3.71. The first-order chi connectivity index (χ1) is 19.9. The van der Waals surface area contributed by atoms with Gasteiger partial charge in [-0.1, -0.05) is 69.4 Å². The second-order valence-corrected chi connectivity index (χ2v) is 13.0. The maximum Gasteiger partial charge on any atom is 0.261 e. The average molecular weight is 593 g/mol. The van der Waals surface area contributed by atoms with Crippen LogP contribution in [0.2, 0.25) is 0 Å². The summed E-state index contributed by atoms with van der Waals surface area (Å²) in [5, 5.41) is 14.6. The summed E-state index contributed by atoms with van der Waals surface area (Å²) in [6.07, 6.45) is 14.0. The molecule has 0 saturated heterocycles. The zero-order valence-electron chi connectivity index (χ0n) is 23.6. The van der Waals surface area contributed by atoms with Crippen LogP contribution in [0.4, 0.5) is 5.69 Å². The standard InChI is InChI=1S/C32H40N4O3S2/c1-2-3-4-5-6-7-10-32-35-24-31(40-32)26-13-17-29(18-14-26)41(38,39)36-28-15-11-25(12-16-28)19-21-34-23-30(37)27-9-8-20-33-22-27/h8-9,11-18,20,22,24,30,34,36-37H,2-7,10,19,21,23H2,1H3. The van der Waals surface area contributed by atoms with Crippen LogP contribution in [-0.4, -0.2) is 36.6 Å². The fourth-order valence-electron chi connectivity index (χ4n) is 4.53. The molecule has 0 aliphatic carbocycles. The highest BCUT2D eigenvalue weighted by molar-refractivity contribution is 7.92. The van der Waals surface area contributed by atoms with E-state index in [1.165, 1.54) is 32.1 Å². The number of sulfonamides is 1. The molecule has 0 aliphatic heterocycles. The molecule has 9 heteroatoms. The smallest absolute Gasteiger partial charge is 0.261 e. The van der Waals surface area contributed by atoms with Gasteiger partial charge in [-0.2, -0.15) is 0 Å². The van der Waals surface area contributed by atoms with Gasteiger partial charge >= 0.3 is 0 Å². The second-order valence-electron chi connectivity index (χ2n) is 10.2. The Hall–Kier alpha value is -3.11. The van der Waals surface area contributed by atoms with Gasteiger partial charge in [0.1, 0.15) is 0 Å². The summed E-state index contributed by atoms with van der Waals surface area (Å²) in [6.45, 7) is 3.36. The van der Waals surface area contributed by atoms with Crippen molar-refractivity contribution < 1.29 is 13.5 Å². The van der Waals surface area contributed by atoms with E-state index in [-0.39, 0.29) is 4.90 Å². The number of hydrogen-bond donors (Lipinski definition) is 3. The minimum atomic E-state index is -3.71. The summed E-state index contributed by atoms with van der Waals surface area (Å²) >= 11 is 1.68. The van der Waals surface area contributed by atoms with E-state index in [2.05, 4.69) is 26.9 Å². The van der Waals surface area contributed by atoms with Crippen molar-refractivity contribution >= 4 is 27.0 Å². The summed E-state index contributed by atoms with van der Waals surface area (Å²) < 4.78 is 28.6. The van der Waals surface area contributed by atoms with Crippen molar-refractivity contribution in [1.29, 1.82) is 0 Å². The monoisotopic (exact) mass is 592 g/mol. The SMILES string of the molecule is CCCCCCCCc1ncc(-c2ccc(S(=O)(=O)Nc3ccc(CCNCC(O)c4cccnc4)cc3)cc2)s1. The number of pyridine rings is 1. The number of benzene rings is 2. The maximum atomic E-state index is 13.0. The minimum Gasteiger partial charge on any atom is -0.387 e. The highest BCUT2D eigenvalue weighted by Gasteiger charge is 2.15. The van der Waals surface area contributed by atoms with Gasteiger partial charge in [-0.05, 0) is 67.3 Å². The van der Waals surface area contributed by atoms with Crippen molar-refractivity contribution in [1.82, 2.24) is 15.3 Å². The third-order valence-electron chi connectivity index (χ3n) is 6.95. The number of anilines is 1. The summed E-state index contributed by atoms with van der Waals surface area (Å²) in [5.74, 6) is 0. The molecule has 0 spiro atoms. The normalized spacial score (nSPS) is 12.3. The summed E-state index contributed by atoms with van der Waals surface area (Å²) in [4.78, 5) is 9.88. The Labute approximate surface area is 248 Å². The molecular weight excluding hydrogens is 553 g/mol. The number of thiazole rings is 1. The molecule has 1 unspecified atom stereocenters. The molecule has 2 aromatic carbocycles. The first-order valence-corrected chi connectivity index (χ1v) is 16.7. The third-order valence-corrected chi connectivity index (χ3v) is 9.45. The lowest BCUT2D eigenvalue weighted by Gasteiger charge is -2.12. The van der Waals surface area contributed by atoms with E-state index in [9.17, 15) is 13.5 Å². The number of aromatic nitrogens is 2. The molecule has 2 aromatic heterocycles. The van der Waals surface area contributed by atoms with Crippen molar-refractivity contribution in [3.63, 3.8) is 0 Å². The zero-order valence-corrected chi connectivity index (χ0v) is 25.3. The molecular formula is C32H40N4O3S2. The molecule has 0 saturated carbocycles. The number of nitrogens with one attached hydrogen (secondary N) is 2. The van der Waals surface area contributed by atoms with Crippen LogP contribution in [0.1, 0.15) is 67.7 Å². The molecule has 3 N–H and O–H groups in total. The van der Waals surface area contributed by atoms with Gasteiger partial charge in [0.25, 0.3) is 10.0 Å². The van der Waals surface area contributed by atoms with Gasteiger partial charge in [-0.3, -0.25) is 9.71 Å². The molecule has 0 aliphatic rings. The maximum absolute atomic E-state index is 13.0. The van der Waals surface area contributed by atoms with E-state index in [0.717, 1.165) is 45.8 Å². The zero-order chi connectivity index (χ0) is 28.9. The molecule has 41 heavy (non-hydrogen) atoms. The van der Waals surface area contributed by atoms with Gasteiger partial charge in [-0.15, -0.1) is 11.3 Å². The topological polar surface area (TPSA) is 104 Å². The Morgan fingerprint density at radius 3 is 2.39 bits per heavy atom. The first kappa shape index (κ1) is 30.8. The van der Waals surface area contributed by atoms with Gasteiger partial charge in [0.2, 0.25) is 0 Å². The number of rotatable bonds is 17. The Morgan fingerprint density at radius 2 is 1.66 bits per heavy atom. The third kappa shape index (κ3) is 9.74. The van der Waals surface area contributed by atoms with E-state index in [4.69, 9.17) is 0 Å². The van der Waals surface area contributed by atoms with Crippen LogP contribution in [0.25, 0.3) is 10.4 Å². The van der Waals surface area contributed by atoms with Crippen LogP contribution in [0.5, 0.6) is 0 Å². The summed E-state index contributed by atoms with van der Waals surface area (Å²) in [6, 6.07) is 18.0. The van der Waals surface area contributed by atoms with Crippen LogP contribution in [0.3, 0.4) is 0 Å². The van der Waals surface area contributed by atoms with Crippen molar-refractivity contribution in [2.75, 3.05) is 17.8 Å². The number of hydrogen-bond acceptors (Lipinski definition) is 7. The Balaban J connectivity index is 1.23. The molecule has 7 nitrogen and oxygen atoms in total. The second kappa shape index (κ2) is 15.8. The van der Waals surface area contributed by atoms with Crippen molar-refractivity contribution in [2.24, 2.45) is 0 Å². The first-order valence-electron chi connectivity index (χ1n) is 14.4. The molecule has 0 amide bonds. The molecule has 2 heterocycles. The van der Waals surface area contributed by atoms with Crippen LogP contribution >= 0.6 is 11.3 Å². The van der Waals surface area contributed by atoms with Crippen LogP contribution < -0.4 is 10.0 Å². The molecule has 0 radical (unpaired) electrons. The van der Waals surface area contributed by atoms with Crippen molar-refractivity contribution in [3.05, 3.63) is 95.4 Å². The lowest BCUT2D eigenvalue weighted by Crippen LogP contribution is -2.23. The quantitative estimate of drug-likeness (QED) is 0.117. The molecule has 0 fully saturated rings. The molecule has 0 bridgehead atoms. The highest BCUT2D eigenvalue weighted by Crippen LogP contribution is 2.28. The number of aliphatic hydroxyl groups is 1. The Bertz CT molecular complexity index is 1420. The predicted molar refractivity (Wildman–Crippen MR) is 168 cm³/mol. The van der Waals surface area contributed by atoms with Crippen molar-refractivity contribution in [3.8, 4) is 10.4 Å². The van der Waals surface area contributed by atoms with E-state index >= 15 is 0 Å². The van der Waals surface area contributed by atoms with Crippen LogP contribution in [-0.2, 0) is 22.9 Å². The van der Waals surface area contributed by atoms with E-state index < -0.39 is 16.1 Å². The highest BCUT2D eigenvalue weighted by atomic mass is 32.2. The molecule has 4 aromatic rings. The average Bonchev–Trinajstić information content (AvgIpc) is 3.47. The lowest BCUT2D eigenvalue weighted by atomic mass is 10.1. The van der Waals surface area contributed by atoms with E-state index in [0.29, 0.717) is 18.8 Å². The van der Waals surface area contributed by atoms with Gasteiger partial charge < -0.3 is 10.4 Å². The largest absolute Gasteiger partial charge is 0.387 e. The number of aliphatic hydroxyl groups excluding tert-OH is 1. The van der Waals surface area contributed by atoms with E-state index in [1.807, 2.05) is 36.5 Å². The fourth-order valence-corrected chi connectivity index (χ4v) is 6.55. The Morgan fingerprint density at radius 1 is 0.902 bits per heavy atom. The number of aryl methyl sites for hydroxylation is 1. The number of unbranched alkanes of at least 4 members (excludes halogenated alkanes) is 5. The Kier molecular flexibility index (Phi) is 11.9.